The smallest absolute Gasteiger partial charge is 0.240 e. The Morgan fingerprint density at radius 3 is 2.68 bits per heavy atom. The van der Waals surface area contributed by atoms with Crippen LogP contribution in [0.2, 0.25) is 0 Å². The van der Waals surface area contributed by atoms with Gasteiger partial charge in [-0.15, -0.1) is 5.10 Å². The number of rotatable bonds is 6. The van der Waals surface area contributed by atoms with Crippen LogP contribution in [0.3, 0.4) is 0 Å². The molecule has 0 fully saturated rings. The van der Waals surface area contributed by atoms with E-state index >= 15 is 0 Å². The van der Waals surface area contributed by atoms with E-state index in [1.807, 2.05) is 7.05 Å². The summed E-state index contributed by atoms with van der Waals surface area (Å²) in [5, 5.41) is 11.5. The van der Waals surface area contributed by atoms with Crippen molar-refractivity contribution in [2.75, 3.05) is 20.7 Å². The Balaban J connectivity index is 2.00. The van der Waals surface area contributed by atoms with Gasteiger partial charge in [-0.05, 0) is 43.3 Å². The average Bonchev–Trinajstić information content (AvgIpc) is 2.98. The lowest BCUT2D eigenvalue weighted by Crippen LogP contribution is -2.13. The molecule has 0 saturated carbocycles. The summed E-state index contributed by atoms with van der Waals surface area (Å²) in [6.07, 6.45) is 1.05. The van der Waals surface area contributed by atoms with Crippen molar-refractivity contribution in [1.29, 1.82) is 0 Å². The number of fused-ring (bicyclic) bond motifs is 1. The third-order valence-electron chi connectivity index (χ3n) is 4.03. The van der Waals surface area contributed by atoms with Gasteiger partial charge >= 0.3 is 0 Å². The highest BCUT2D eigenvalue weighted by Gasteiger charge is 2.15. The molecule has 2 aromatic carbocycles. The normalized spacial score (nSPS) is 12.5. The van der Waals surface area contributed by atoms with Crippen molar-refractivity contribution in [3.63, 3.8) is 0 Å². The number of aromatic amines is 1. The van der Waals surface area contributed by atoms with E-state index in [1.165, 1.54) is 11.1 Å². The summed E-state index contributed by atoms with van der Waals surface area (Å²) in [5.41, 5.74) is 3.64. The van der Waals surface area contributed by atoms with Crippen LogP contribution in [0, 0.1) is 0 Å². The van der Waals surface area contributed by atoms with Crippen LogP contribution in [0.1, 0.15) is 23.5 Å². The molecule has 0 saturated heterocycles. The summed E-state index contributed by atoms with van der Waals surface area (Å²) in [6.45, 7) is 0.976. The maximum absolute atomic E-state index is 5.26. The van der Waals surface area contributed by atoms with Crippen LogP contribution in [0.25, 0.3) is 10.9 Å². The molecule has 4 nitrogen and oxygen atoms in total. The van der Waals surface area contributed by atoms with E-state index in [0.29, 0.717) is 11.8 Å². The number of nitrogens with one attached hydrogen (secondary N) is 2. The number of benzene rings is 2. The van der Waals surface area contributed by atoms with E-state index in [2.05, 4.69) is 64.0 Å². The summed E-state index contributed by atoms with van der Waals surface area (Å²) in [5.74, 6) is 1.01. The summed E-state index contributed by atoms with van der Waals surface area (Å²) in [4.78, 5) is 0. The topological polar surface area (TPSA) is 49.9 Å². The maximum Gasteiger partial charge on any atom is 0.240 e. The second-order valence-electron chi connectivity index (χ2n) is 5.39. The number of methoxy groups -OCH3 is 1. The monoisotopic (exact) mass is 295 g/mol. The van der Waals surface area contributed by atoms with Gasteiger partial charge in [-0.2, -0.15) is 0 Å². The Morgan fingerprint density at radius 2 is 1.95 bits per heavy atom. The van der Waals surface area contributed by atoms with E-state index in [9.17, 15) is 0 Å². The second kappa shape index (κ2) is 6.62. The lowest BCUT2D eigenvalue weighted by molar-refractivity contribution is 0.401. The predicted molar refractivity (Wildman–Crippen MR) is 89.5 cm³/mol. The molecule has 0 bridgehead atoms. The zero-order chi connectivity index (χ0) is 15.4. The summed E-state index contributed by atoms with van der Waals surface area (Å²) in [7, 11) is 3.63. The highest BCUT2D eigenvalue weighted by molar-refractivity contribution is 5.84. The van der Waals surface area contributed by atoms with Gasteiger partial charge in [0.25, 0.3) is 0 Å². The van der Waals surface area contributed by atoms with E-state index in [-0.39, 0.29) is 0 Å². The van der Waals surface area contributed by atoms with Crippen molar-refractivity contribution in [2.45, 2.75) is 12.3 Å². The first-order valence-corrected chi connectivity index (χ1v) is 7.55. The Morgan fingerprint density at radius 1 is 1.14 bits per heavy atom. The van der Waals surface area contributed by atoms with Gasteiger partial charge in [0.15, 0.2) is 0 Å². The van der Waals surface area contributed by atoms with Gasteiger partial charge in [-0.25, -0.2) is 0 Å². The lowest BCUT2D eigenvalue weighted by atomic mass is 9.88. The van der Waals surface area contributed by atoms with Crippen molar-refractivity contribution >= 4 is 10.9 Å². The first-order valence-electron chi connectivity index (χ1n) is 7.55. The number of hydrogen-bond donors (Lipinski definition) is 2. The van der Waals surface area contributed by atoms with Gasteiger partial charge < -0.3 is 10.1 Å². The molecule has 0 spiro atoms. The van der Waals surface area contributed by atoms with Crippen LogP contribution in [-0.4, -0.2) is 30.9 Å². The van der Waals surface area contributed by atoms with Crippen molar-refractivity contribution in [3.05, 3.63) is 59.7 Å². The van der Waals surface area contributed by atoms with Crippen molar-refractivity contribution in [2.24, 2.45) is 0 Å². The van der Waals surface area contributed by atoms with E-state index in [0.717, 1.165) is 23.9 Å². The number of nitrogens with zero attached hydrogens (tertiary/aromatic N) is 1. The zero-order valence-corrected chi connectivity index (χ0v) is 13.0. The summed E-state index contributed by atoms with van der Waals surface area (Å²) in [6, 6.07) is 17.1. The number of H-pyrrole nitrogens is 1. The minimum atomic E-state index is 0.368. The van der Waals surface area contributed by atoms with Crippen LogP contribution in [0.15, 0.2) is 48.5 Å². The fourth-order valence-corrected chi connectivity index (χ4v) is 2.88. The van der Waals surface area contributed by atoms with Crippen LogP contribution < -0.4 is 10.1 Å². The van der Waals surface area contributed by atoms with Crippen molar-refractivity contribution in [1.82, 2.24) is 15.5 Å². The predicted octanol–water partition coefficient (Wildman–Crippen LogP) is 3.31. The minimum Gasteiger partial charge on any atom is -0.480 e. The van der Waals surface area contributed by atoms with E-state index < -0.39 is 0 Å². The van der Waals surface area contributed by atoms with Crippen molar-refractivity contribution in [3.8, 4) is 5.88 Å². The standard InChI is InChI=1S/C18H21N3O/c1-19-11-10-15(13-6-4-3-5-7-13)14-8-9-16-17(12-14)20-21-18(16)22-2/h3-9,12,15,19H,10-11H2,1-2H3,(H,20,21). The molecule has 0 aliphatic carbocycles. The molecule has 1 heterocycles. The highest BCUT2D eigenvalue weighted by Crippen LogP contribution is 2.31. The average molecular weight is 295 g/mol. The molecule has 114 valence electrons. The minimum absolute atomic E-state index is 0.368. The molecule has 3 aromatic rings. The van der Waals surface area contributed by atoms with Crippen molar-refractivity contribution < 1.29 is 4.74 Å². The van der Waals surface area contributed by atoms with Gasteiger partial charge in [-0.1, -0.05) is 36.4 Å². The number of hydrogen-bond acceptors (Lipinski definition) is 3. The SMILES string of the molecule is CNCCC(c1ccccc1)c1ccc2c(OC)n[nH]c2c1. The largest absolute Gasteiger partial charge is 0.480 e. The quantitative estimate of drug-likeness (QED) is 0.733. The van der Waals surface area contributed by atoms with Gasteiger partial charge in [0, 0.05) is 5.92 Å². The fourth-order valence-electron chi connectivity index (χ4n) is 2.88. The van der Waals surface area contributed by atoms with Crippen LogP contribution in [0.4, 0.5) is 0 Å². The first-order chi connectivity index (χ1) is 10.8. The number of ether oxygens (including phenoxy) is 1. The molecule has 2 N–H and O–H groups in total. The number of aromatic nitrogens is 2. The molecule has 0 aliphatic heterocycles. The third-order valence-corrected chi connectivity index (χ3v) is 4.03. The lowest BCUT2D eigenvalue weighted by Gasteiger charge is -2.18. The van der Waals surface area contributed by atoms with Gasteiger partial charge in [0.05, 0.1) is 18.0 Å². The van der Waals surface area contributed by atoms with Gasteiger partial charge in [0.2, 0.25) is 5.88 Å². The zero-order valence-electron chi connectivity index (χ0n) is 13.0. The molecule has 0 aliphatic rings. The third kappa shape index (κ3) is 2.83. The molecular weight excluding hydrogens is 274 g/mol. The summed E-state index contributed by atoms with van der Waals surface area (Å²) < 4.78 is 5.26. The Bertz CT molecular complexity index is 736. The molecule has 4 heteroatoms. The van der Waals surface area contributed by atoms with E-state index in [1.54, 1.807) is 7.11 Å². The molecule has 0 radical (unpaired) electrons. The molecule has 0 amide bonds. The Hall–Kier alpha value is -2.33. The van der Waals surface area contributed by atoms with Crippen LogP contribution in [0.5, 0.6) is 5.88 Å². The fraction of sp³-hybridized carbons (Fsp3) is 0.278. The highest BCUT2D eigenvalue weighted by atomic mass is 16.5. The Labute approximate surface area is 130 Å². The molecule has 1 unspecified atom stereocenters. The molecule has 1 aromatic heterocycles. The first kappa shape index (κ1) is 14.6. The molecule has 3 rings (SSSR count). The van der Waals surface area contributed by atoms with Gasteiger partial charge in [0.1, 0.15) is 0 Å². The maximum atomic E-state index is 5.26. The molecular formula is C18H21N3O. The second-order valence-corrected chi connectivity index (χ2v) is 5.39. The molecule has 1 atom stereocenters. The van der Waals surface area contributed by atoms with Crippen LogP contribution >= 0.6 is 0 Å². The van der Waals surface area contributed by atoms with E-state index in [4.69, 9.17) is 4.74 Å². The summed E-state index contributed by atoms with van der Waals surface area (Å²) >= 11 is 0. The molecule has 22 heavy (non-hydrogen) atoms. The Kier molecular flexibility index (Phi) is 4.39. The van der Waals surface area contributed by atoms with Crippen LogP contribution in [-0.2, 0) is 0 Å². The van der Waals surface area contributed by atoms with Gasteiger partial charge in [-0.3, -0.25) is 5.10 Å².